The van der Waals surface area contributed by atoms with Crippen LogP contribution in [0.3, 0.4) is 0 Å². The van der Waals surface area contributed by atoms with E-state index in [1.807, 2.05) is 4.90 Å². The fourth-order valence-corrected chi connectivity index (χ4v) is 4.94. The number of hydrogen-bond acceptors (Lipinski definition) is 5. The lowest BCUT2D eigenvalue weighted by Gasteiger charge is -2.29. The SMILES string of the molecule is O=C(Nc1ccc(F)cc1)c1nnc([C@H]2CCCN2C(=O)C2CCCCC2)s1. The van der Waals surface area contributed by atoms with E-state index in [1.165, 1.54) is 42.0 Å². The Bertz CT molecular complexity index is 848. The van der Waals surface area contributed by atoms with Gasteiger partial charge in [-0.25, -0.2) is 4.39 Å². The van der Waals surface area contributed by atoms with Crippen LogP contribution in [0.1, 0.15) is 65.8 Å². The second kappa shape index (κ2) is 8.34. The third-order valence-corrected chi connectivity index (χ3v) is 6.54. The van der Waals surface area contributed by atoms with Crippen molar-refractivity contribution in [2.45, 2.75) is 51.0 Å². The summed E-state index contributed by atoms with van der Waals surface area (Å²) in [6.07, 6.45) is 7.22. The molecule has 28 heavy (non-hydrogen) atoms. The summed E-state index contributed by atoms with van der Waals surface area (Å²) in [6, 6.07) is 5.48. The van der Waals surface area contributed by atoms with E-state index < -0.39 is 0 Å². The van der Waals surface area contributed by atoms with Crippen LogP contribution in [0.4, 0.5) is 10.1 Å². The largest absolute Gasteiger partial charge is 0.333 e. The monoisotopic (exact) mass is 402 g/mol. The second-order valence-electron chi connectivity index (χ2n) is 7.43. The van der Waals surface area contributed by atoms with E-state index in [2.05, 4.69) is 15.5 Å². The molecule has 1 N–H and O–H groups in total. The summed E-state index contributed by atoms with van der Waals surface area (Å²) in [5.74, 6) is -0.378. The molecule has 4 rings (SSSR count). The average molecular weight is 402 g/mol. The second-order valence-corrected chi connectivity index (χ2v) is 8.44. The average Bonchev–Trinajstić information content (AvgIpc) is 3.39. The van der Waals surface area contributed by atoms with Gasteiger partial charge >= 0.3 is 0 Å². The zero-order valence-corrected chi connectivity index (χ0v) is 16.4. The number of carbonyl (C=O) groups excluding carboxylic acids is 2. The van der Waals surface area contributed by atoms with Crippen LogP contribution in [0.25, 0.3) is 0 Å². The Morgan fingerprint density at radius 3 is 2.54 bits per heavy atom. The molecule has 1 aliphatic heterocycles. The third-order valence-electron chi connectivity index (χ3n) is 5.51. The number of benzene rings is 1. The molecule has 1 aromatic heterocycles. The lowest BCUT2D eigenvalue weighted by Crippen LogP contribution is -2.36. The topological polar surface area (TPSA) is 75.2 Å². The number of aromatic nitrogens is 2. The molecule has 6 nitrogen and oxygen atoms in total. The van der Waals surface area contributed by atoms with Crippen LogP contribution in [-0.2, 0) is 4.79 Å². The molecule has 2 aromatic rings. The molecule has 1 atom stereocenters. The minimum Gasteiger partial charge on any atom is -0.333 e. The lowest BCUT2D eigenvalue weighted by atomic mass is 9.88. The zero-order chi connectivity index (χ0) is 19.5. The van der Waals surface area contributed by atoms with Gasteiger partial charge in [-0.15, -0.1) is 10.2 Å². The Hall–Kier alpha value is -2.35. The smallest absolute Gasteiger partial charge is 0.286 e. The summed E-state index contributed by atoms with van der Waals surface area (Å²) in [7, 11) is 0. The van der Waals surface area contributed by atoms with E-state index in [0.29, 0.717) is 10.7 Å². The summed E-state index contributed by atoms with van der Waals surface area (Å²) < 4.78 is 13.0. The predicted octanol–water partition coefficient (Wildman–Crippen LogP) is 4.17. The van der Waals surface area contributed by atoms with Crippen molar-refractivity contribution >= 4 is 28.8 Å². The summed E-state index contributed by atoms with van der Waals surface area (Å²) in [6.45, 7) is 0.747. The van der Waals surface area contributed by atoms with Crippen LogP contribution in [0, 0.1) is 11.7 Å². The maximum atomic E-state index is 13.0. The number of nitrogens with zero attached hydrogens (tertiary/aromatic N) is 3. The van der Waals surface area contributed by atoms with E-state index in [0.717, 1.165) is 45.1 Å². The molecule has 0 bridgehead atoms. The van der Waals surface area contributed by atoms with Gasteiger partial charge in [0.2, 0.25) is 10.9 Å². The van der Waals surface area contributed by atoms with Crippen LogP contribution in [0.15, 0.2) is 24.3 Å². The molecule has 1 aliphatic carbocycles. The minimum absolute atomic E-state index is 0.0840. The lowest BCUT2D eigenvalue weighted by molar-refractivity contribution is -0.137. The van der Waals surface area contributed by atoms with Crippen molar-refractivity contribution in [1.82, 2.24) is 15.1 Å². The quantitative estimate of drug-likeness (QED) is 0.833. The van der Waals surface area contributed by atoms with Crippen LogP contribution >= 0.6 is 11.3 Å². The van der Waals surface area contributed by atoms with Crippen molar-refractivity contribution in [3.8, 4) is 0 Å². The fraction of sp³-hybridized carbons (Fsp3) is 0.500. The van der Waals surface area contributed by atoms with Crippen molar-refractivity contribution in [3.63, 3.8) is 0 Å². The molecular formula is C20H23FN4O2S. The first-order chi connectivity index (χ1) is 13.6. The van der Waals surface area contributed by atoms with E-state index >= 15 is 0 Å². The highest BCUT2D eigenvalue weighted by Crippen LogP contribution is 2.37. The summed E-state index contributed by atoms with van der Waals surface area (Å²) >= 11 is 1.23. The van der Waals surface area contributed by atoms with Gasteiger partial charge in [0, 0.05) is 18.2 Å². The number of rotatable bonds is 4. The molecule has 0 spiro atoms. The Morgan fingerprint density at radius 2 is 1.79 bits per heavy atom. The van der Waals surface area contributed by atoms with E-state index in [9.17, 15) is 14.0 Å². The standard InChI is InChI=1S/C20H23FN4O2S/c21-14-8-10-15(11-9-14)22-17(26)19-24-23-18(28-19)16-7-4-12-25(16)20(27)13-5-2-1-3-6-13/h8-11,13,16H,1-7,12H2,(H,22,26)/t16-/m1/s1. The van der Waals surface area contributed by atoms with Crippen LogP contribution in [0.5, 0.6) is 0 Å². The first-order valence-electron chi connectivity index (χ1n) is 9.82. The minimum atomic E-state index is -0.376. The Balaban J connectivity index is 1.44. The molecule has 0 radical (unpaired) electrons. The molecule has 0 unspecified atom stereocenters. The number of carbonyl (C=O) groups is 2. The first kappa shape index (κ1) is 19.0. The van der Waals surface area contributed by atoms with Gasteiger partial charge < -0.3 is 10.2 Å². The van der Waals surface area contributed by atoms with Crippen LogP contribution in [0.2, 0.25) is 0 Å². The summed E-state index contributed by atoms with van der Waals surface area (Å²) in [5.41, 5.74) is 0.498. The van der Waals surface area contributed by atoms with Gasteiger partial charge in [-0.3, -0.25) is 9.59 Å². The molecule has 148 valence electrons. The predicted molar refractivity (Wildman–Crippen MR) is 105 cm³/mol. The Labute approximate surface area is 167 Å². The molecule has 8 heteroatoms. The zero-order valence-electron chi connectivity index (χ0n) is 15.6. The van der Waals surface area contributed by atoms with Gasteiger partial charge in [0.1, 0.15) is 10.8 Å². The summed E-state index contributed by atoms with van der Waals surface area (Å²) in [5, 5.41) is 11.9. The molecule has 2 heterocycles. The van der Waals surface area contributed by atoms with Gasteiger partial charge in [0.15, 0.2) is 0 Å². The molecule has 1 saturated carbocycles. The van der Waals surface area contributed by atoms with E-state index in [-0.39, 0.29) is 34.6 Å². The number of likely N-dealkylation sites (tertiary alicyclic amines) is 1. The molecule has 2 amide bonds. The highest BCUT2D eigenvalue weighted by molar-refractivity contribution is 7.13. The maximum absolute atomic E-state index is 13.0. The van der Waals surface area contributed by atoms with Crippen LogP contribution < -0.4 is 5.32 Å². The Kier molecular flexibility index (Phi) is 5.66. The highest BCUT2D eigenvalue weighted by atomic mass is 32.1. The van der Waals surface area contributed by atoms with Crippen molar-refractivity contribution in [3.05, 3.63) is 40.1 Å². The Morgan fingerprint density at radius 1 is 1.04 bits per heavy atom. The van der Waals surface area contributed by atoms with Crippen molar-refractivity contribution in [1.29, 1.82) is 0 Å². The molecule has 2 aliphatic rings. The van der Waals surface area contributed by atoms with Crippen molar-refractivity contribution < 1.29 is 14.0 Å². The molecule has 1 aromatic carbocycles. The summed E-state index contributed by atoms with van der Waals surface area (Å²) in [4.78, 5) is 27.3. The molecular weight excluding hydrogens is 379 g/mol. The van der Waals surface area contributed by atoms with Gasteiger partial charge in [-0.2, -0.15) is 0 Å². The van der Waals surface area contributed by atoms with Crippen molar-refractivity contribution in [2.75, 3.05) is 11.9 Å². The van der Waals surface area contributed by atoms with Gasteiger partial charge in [0.25, 0.3) is 5.91 Å². The number of halogens is 1. The van der Waals surface area contributed by atoms with Gasteiger partial charge in [-0.1, -0.05) is 30.6 Å². The number of nitrogens with one attached hydrogen (secondary N) is 1. The maximum Gasteiger partial charge on any atom is 0.286 e. The van der Waals surface area contributed by atoms with Gasteiger partial charge in [0.05, 0.1) is 6.04 Å². The van der Waals surface area contributed by atoms with E-state index in [1.54, 1.807) is 0 Å². The van der Waals surface area contributed by atoms with Crippen LogP contribution in [-0.4, -0.2) is 33.5 Å². The molecule has 2 fully saturated rings. The van der Waals surface area contributed by atoms with Crippen molar-refractivity contribution in [2.24, 2.45) is 5.92 Å². The number of amides is 2. The van der Waals surface area contributed by atoms with E-state index in [4.69, 9.17) is 0 Å². The third kappa shape index (κ3) is 4.06. The molecule has 1 saturated heterocycles. The number of hydrogen-bond donors (Lipinski definition) is 1. The fourth-order valence-electron chi connectivity index (χ4n) is 4.05. The van der Waals surface area contributed by atoms with Gasteiger partial charge in [-0.05, 0) is 49.9 Å². The highest BCUT2D eigenvalue weighted by Gasteiger charge is 2.36. The number of anilines is 1. The first-order valence-corrected chi connectivity index (χ1v) is 10.6. The normalized spacial score (nSPS) is 20.3.